The minimum atomic E-state index is -0.322. The van der Waals surface area contributed by atoms with E-state index >= 15 is 0 Å². The van der Waals surface area contributed by atoms with Gasteiger partial charge in [0.2, 0.25) is 0 Å². The highest BCUT2D eigenvalue weighted by Crippen LogP contribution is 2.33. The molecule has 0 aliphatic rings. The van der Waals surface area contributed by atoms with Crippen molar-refractivity contribution in [1.29, 1.82) is 0 Å². The number of ether oxygens (including phenoxy) is 2. The number of amides is 1. The predicted octanol–water partition coefficient (Wildman–Crippen LogP) is 5.76. The van der Waals surface area contributed by atoms with Crippen molar-refractivity contribution in [3.05, 3.63) is 56.9 Å². The van der Waals surface area contributed by atoms with E-state index < -0.39 is 0 Å². The summed E-state index contributed by atoms with van der Waals surface area (Å²) >= 11 is 13.3. The lowest BCUT2D eigenvalue weighted by atomic mass is 10.1. The monoisotopic (exact) mass is 436 g/mol. The maximum Gasteiger partial charge on any atom is 0.264 e. The zero-order chi connectivity index (χ0) is 20.3. The lowest BCUT2D eigenvalue weighted by molar-refractivity contribution is -0.118. The summed E-state index contributed by atoms with van der Waals surface area (Å²) in [6.45, 7) is 3.76. The molecule has 3 rings (SSSR count). The largest absolute Gasteiger partial charge is 0.496 e. The highest BCUT2D eigenvalue weighted by atomic mass is 35.5. The molecule has 5 nitrogen and oxygen atoms in total. The third-order valence-corrected chi connectivity index (χ3v) is 5.38. The number of carbonyl (C=O) groups is 1. The van der Waals surface area contributed by atoms with Gasteiger partial charge in [0, 0.05) is 15.5 Å². The third-order valence-electron chi connectivity index (χ3n) is 3.96. The Labute approximate surface area is 177 Å². The van der Waals surface area contributed by atoms with Crippen LogP contribution in [-0.2, 0) is 4.79 Å². The van der Waals surface area contributed by atoms with Gasteiger partial charge in [-0.25, -0.2) is 4.98 Å². The molecule has 28 heavy (non-hydrogen) atoms. The molecular weight excluding hydrogens is 419 g/mol. The number of aromatic nitrogens is 1. The number of halogens is 2. The Kier molecular flexibility index (Phi) is 6.44. The molecule has 0 aliphatic heterocycles. The number of hydrogen-bond donors (Lipinski definition) is 1. The average molecular weight is 437 g/mol. The Bertz CT molecular complexity index is 1020. The average Bonchev–Trinajstić information content (AvgIpc) is 3.01. The van der Waals surface area contributed by atoms with Crippen LogP contribution in [0.5, 0.6) is 11.5 Å². The van der Waals surface area contributed by atoms with Gasteiger partial charge in [-0.05, 0) is 55.8 Å². The van der Waals surface area contributed by atoms with Crippen molar-refractivity contribution < 1.29 is 14.3 Å². The zero-order valence-corrected chi connectivity index (χ0v) is 17.8. The molecule has 0 atom stereocenters. The third kappa shape index (κ3) is 4.76. The van der Waals surface area contributed by atoms with Crippen molar-refractivity contribution in [3.63, 3.8) is 0 Å². The van der Waals surface area contributed by atoms with Gasteiger partial charge in [0.15, 0.2) is 11.7 Å². The molecule has 1 aromatic heterocycles. The summed E-state index contributed by atoms with van der Waals surface area (Å²) in [6.07, 6.45) is 0. The Balaban J connectivity index is 1.67. The molecule has 0 unspecified atom stereocenters. The summed E-state index contributed by atoms with van der Waals surface area (Å²) in [6, 6.07) is 10.7. The number of rotatable bonds is 6. The number of anilines is 1. The van der Waals surface area contributed by atoms with Gasteiger partial charge in [0.1, 0.15) is 11.5 Å². The lowest BCUT2D eigenvalue weighted by Gasteiger charge is -2.07. The maximum atomic E-state index is 12.2. The van der Waals surface area contributed by atoms with Crippen molar-refractivity contribution in [2.24, 2.45) is 0 Å². The van der Waals surface area contributed by atoms with Crippen LogP contribution in [0.15, 0.2) is 36.4 Å². The molecule has 8 heteroatoms. The van der Waals surface area contributed by atoms with Gasteiger partial charge in [-0.15, -0.1) is 11.3 Å². The van der Waals surface area contributed by atoms with E-state index in [0.717, 1.165) is 27.4 Å². The summed E-state index contributed by atoms with van der Waals surface area (Å²) in [7, 11) is 1.64. The summed E-state index contributed by atoms with van der Waals surface area (Å²) in [5, 5.41) is 4.12. The van der Waals surface area contributed by atoms with Crippen molar-refractivity contribution in [3.8, 4) is 22.8 Å². The molecule has 0 radical (unpaired) electrons. The smallest absolute Gasteiger partial charge is 0.264 e. The number of hydrogen-bond acceptors (Lipinski definition) is 5. The molecule has 0 spiro atoms. The second kappa shape index (κ2) is 8.82. The van der Waals surface area contributed by atoms with Crippen molar-refractivity contribution >= 4 is 45.6 Å². The second-order valence-electron chi connectivity index (χ2n) is 6.02. The molecule has 0 saturated heterocycles. The molecule has 0 fully saturated rings. The van der Waals surface area contributed by atoms with E-state index in [1.165, 1.54) is 11.3 Å². The van der Waals surface area contributed by atoms with E-state index in [4.69, 9.17) is 32.7 Å². The quantitative estimate of drug-likeness (QED) is 0.533. The van der Waals surface area contributed by atoms with Crippen LogP contribution < -0.4 is 14.8 Å². The highest BCUT2D eigenvalue weighted by Gasteiger charge is 2.14. The number of aryl methyl sites for hydroxylation is 2. The first kappa shape index (κ1) is 20.5. The van der Waals surface area contributed by atoms with E-state index in [1.54, 1.807) is 25.3 Å². The molecule has 3 aromatic rings. The van der Waals surface area contributed by atoms with Crippen molar-refractivity contribution in [2.45, 2.75) is 13.8 Å². The first-order chi connectivity index (χ1) is 13.4. The van der Waals surface area contributed by atoms with Gasteiger partial charge in [-0.3, -0.25) is 10.1 Å². The minimum Gasteiger partial charge on any atom is -0.496 e. The molecule has 1 amide bonds. The van der Waals surface area contributed by atoms with Crippen LogP contribution in [0.1, 0.15) is 10.4 Å². The molecule has 1 N–H and O–H groups in total. The van der Waals surface area contributed by atoms with Gasteiger partial charge in [-0.1, -0.05) is 23.2 Å². The zero-order valence-electron chi connectivity index (χ0n) is 15.5. The molecule has 1 heterocycles. The van der Waals surface area contributed by atoms with Gasteiger partial charge in [0.05, 0.1) is 17.8 Å². The van der Waals surface area contributed by atoms with E-state index in [2.05, 4.69) is 10.3 Å². The summed E-state index contributed by atoms with van der Waals surface area (Å²) in [4.78, 5) is 17.8. The topological polar surface area (TPSA) is 60.5 Å². The van der Waals surface area contributed by atoms with Crippen LogP contribution in [0.2, 0.25) is 10.0 Å². The van der Waals surface area contributed by atoms with Gasteiger partial charge >= 0.3 is 0 Å². The number of nitrogens with one attached hydrogen (secondary N) is 1. The number of carbonyl (C=O) groups excluding carboxylic acids is 1. The minimum absolute atomic E-state index is 0.184. The Morgan fingerprint density at radius 1 is 1.14 bits per heavy atom. The first-order valence-electron chi connectivity index (χ1n) is 8.37. The van der Waals surface area contributed by atoms with E-state index in [1.807, 2.05) is 32.0 Å². The molecule has 2 aromatic carbocycles. The van der Waals surface area contributed by atoms with E-state index in [-0.39, 0.29) is 12.5 Å². The maximum absolute atomic E-state index is 12.2. The fraction of sp³-hybridized carbons (Fsp3) is 0.200. The normalized spacial score (nSPS) is 10.6. The van der Waals surface area contributed by atoms with Gasteiger partial charge in [0.25, 0.3) is 5.91 Å². The van der Waals surface area contributed by atoms with Crippen LogP contribution in [0, 0.1) is 13.8 Å². The van der Waals surface area contributed by atoms with Crippen molar-refractivity contribution in [2.75, 3.05) is 19.0 Å². The SMILES string of the molecule is COc1ccc(-c2nc(NC(=O)COc3ccc(Cl)cc3Cl)sc2C)cc1C. The number of thiazole rings is 1. The summed E-state index contributed by atoms with van der Waals surface area (Å²) in [5.74, 6) is 0.895. The first-order valence-corrected chi connectivity index (χ1v) is 9.94. The predicted molar refractivity (Wildman–Crippen MR) is 114 cm³/mol. The molecule has 0 saturated carbocycles. The van der Waals surface area contributed by atoms with Gasteiger partial charge < -0.3 is 9.47 Å². The lowest BCUT2D eigenvalue weighted by Crippen LogP contribution is -2.20. The van der Waals surface area contributed by atoms with Crippen LogP contribution >= 0.6 is 34.5 Å². The van der Waals surface area contributed by atoms with Gasteiger partial charge in [-0.2, -0.15) is 0 Å². The Morgan fingerprint density at radius 2 is 1.89 bits per heavy atom. The fourth-order valence-corrected chi connectivity index (χ4v) is 3.95. The Morgan fingerprint density at radius 3 is 2.57 bits per heavy atom. The second-order valence-corrected chi connectivity index (χ2v) is 8.07. The van der Waals surface area contributed by atoms with Crippen LogP contribution in [0.3, 0.4) is 0 Å². The molecule has 0 aliphatic carbocycles. The van der Waals surface area contributed by atoms with Crippen molar-refractivity contribution in [1.82, 2.24) is 4.98 Å². The van der Waals surface area contributed by atoms with E-state index in [9.17, 15) is 4.79 Å². The number of methoxy groups -OCH3 is 1. The molecular formula is C20H18Cl2N2O3S. The fourth-order valence-electron chi connectivity index (χ4n) is 2.63. The van der Waals surface area contributed by atoms with Crippen LogP contribution in [0.25, 0.3) is 11.3 Å². The summed E-state index contributed by atoms with van der Waals surface area (Å²) < 4.78 is 10.7. The van der Waals surface area contributed by atoms with Crippen LogP contribution in [-0.4, -0.2) is 24.6 Å². The van der Waals surface area contributed by atoms with Crippen LogP contribution in [0.4, 0.5) is 5.13 Å². The number of benzene rings is 2. The highest BCUT2D eigenvalue weighted by molar-refractivity contribution is 7.16. The molecule has 146 valence electrons. The standard InChI is InChI=1S/C20H18Cl2N2O3S/c1-11-8-13(4-6-16(11)26-3)19-12(2)28-20(24-19)23-18(25)10-27-17-7-5-14(21)9-15(17)22/h4-9H,10H2,1-3H3,(H,23,24,25). The number of nitrogens with zero attached hydrogens (tertiary/aromatic N) is 1. The summed E-state index contributed by atoms with van der Waals surface area (Å²) in [5.41, 5.74) is 2.82. The Hall–Kier alpha value is -2.28. The van der Waals surface area contributed by atoms with E-state index in [0.29, 0.717) is 20.9 Å². The molecule has 0 bridgehead atoms.